The van der Waals surface area contributed by atoms with Gasteiger partial charge in [-0.05, 0) is 14.1 Å². The van der Waals surface area contributed by atoms with Crippen molar-refractivity contribution in [2.45, 2.75) is 0 Å². The quantitative estimate of drug-likeness (QED) is 0.502. The fourth-order valence-electron chi connectivity index (χ4n) is 0.642. The Kier molecular flexibility index (Phi) is 5.39. The summed E-state index contributed by atoms with van der Waals surface area (Å²) in [4.78, 5) is 2.02. The summed E-state index contributed by atoms with van der Waals surface area (Å²) in [5.74, 6) is 0.000425. The molecule has 12 heavy (non-hydrogen) atoms. The zero-order chi connectivity index (χ0) is 9.61. The van der Waals surface area contributed by atoms with Crippen LogP contribution in [0.25, 0.3) is 0 Å². The lowest BCUT2D eigenvalue weighted by Gasteiger charge is -2.09. The van der Waals surface area contributed by atoms with Gasteiger partial charge in [-0.2, -0.15) is 0 Å². The Labute approximate surface area is 74.0 Å². The summed E-state index contributed by atoms with van der Waals surface area (Å²) < 4.78 is 20.9. The molecule has 0 fully saturated rings. The maximum Gasteiger partial charge on any atom is 0.210 e. The summed E-state index contributed by atoms with van der Waals surface area (Å²) in [6, 6.07) is 0. The maximum absolute atomic E-state index is 10.5. The van der Waals surface area contributed by atoms with Crippen molar-refractivity contribution in [2.24, 2.45) is 5.14 Å². The van der Waals surface area contributed by atoms with Crippen molar-refractivity contribution in [2.75, 3.05) is 39.5 Å². The van der Waals surface area contributed by atoms with E-state index in [-0.39, 0.29) is 5.75 Å². The van der Waals surface area contributed by atoms with Crippen LogP contribution < -0.4 is 10.5 Å². The highest BCUT2D eigenvalue weighted by molar-refractivity contribution is 7.89. The highest BCUT2D eigenvalue weighted by Crippen LogP contribution is 1.75. The van der Waals surface area contributed by atoms with E-state index in [1.165, 1.54) is 0 Å². The molecule has 0 spiro atoms. The van der Waals surface area contributed by atoms with Gasteiger partial charge in [0.2, 0.25) is 10.0 Å². The van der Waals surface area contributed by atoms with Crippen molar-refractivity contribution >= 4 is 10.0 Å². The van der Waals surface area contributed by atoms with Gasteiger partial charge in [-0.25, -0.2) is 13.6 Å². The molecule has 0 amide bonds. The van der Waals surface area contributed by atoms with E-state index in [2.05, 4.69) is 5.32 Å². The van der Waals surface area contributed by atoms with Gasteiger partial charge in [-0.15, -0.1) is 0 Å². The number of nitrogens with zero attached hydrogens (tertiary/aromatic N) is 1. The summed E-state index contributed by atoms with van der Waals surface area (Å²) in [7, 11) is 0.618. The van der Waals surface area contributed by atoms with E-state index in [0.29, 0.717) is 6.54 Å². The van der Waals surface area contributed by atoms with Crippen molar-refractivity contribution in [3.63, 3.8) is 0 Å². The third-order valence-corrected chi connectivity index (χ3v) is 2.07. The lowest BCUT2D eigenvalue weighted by molar-refractivity contribution is 0.402. The minimum atomic E-state index is -3.30. The van der Waals surface area contributed by atoms with Crippen LogP contribution in [0.15, 0.2) is 0 Å². The van der Waals surface area contributed by atoms with E-state index in [9.17, 15) is 8.42 Å². The first kappa shape index (κ1) is 11.8. The Morgan fingerprint density at radius 1 is 1.33 bits per heavy atom. The average molecular weight is 195 g/mol. The molecule has 0 unspecified atom stereocenters. The molecular weight excluding hydrogens is 178 g/mol. The van der Waals surface area contributed by atoms with Gasteiger partial charge in [-0.1, -0.05) is 0 Å². The SMILES string of the molecule is CN(C)CCNCCS(N)(=O)=O. The van der Waals surface area contributed by atoms with Crippen LogP contribution in [0.3, 0.4) is 0 Å². The predicted molar refractivity (Wildman–Crippen MR) is 49.4 cm³/mol. The lowest BCUT2D eigenvalue weighted by atomic mass is 10.5. The van der Waals surface area contributed by atoms with Crippen molar-refractivity contribution in [3.8, 4) is 0 Å². The number of rotatable bonds is 6. The Hall–Kier alpha value is -0.170. The maximum atomic E-state index is 10.5. The van der Waals surface area contributed by atoms with Gasteiger partial charge in [0.1, 0.15) is 0 Å². The molecule has 0 aromatic rings. The van der Waals surface area contributed by atoms with Crippen LogP contribution in [-0.2, 0) is 10.0 Å². The average Bonchev–Trinajstić information content (AvgIpc) is 1.83. The van der Waals surface area contributed by atoms with Crippen molar-refractivity contribution in [1.29, 1.82) is 0 Å². The minimum absolute atomic E-state index is 0.000425. The first-order valence-corrected chi connectivity index (χ1v) is 5.49. The van der Waals surface area contributed by atoms with Crippen molar-refractivity contribution in [3.05, 3.63) is 0 Å². The molecule has 0 saturated heterocycles. The highest BCUT2D eigenvalue weighted by Gasteiger charge is 2.00. The summed E-state index contributed by atoms with van der Waals surface area (Å²) in [5, 5.41) is 7.77. The van der Waals surface area contributed by atoms with Gasteiger partial charge in [0, 0.05) is 19.6 Å². The molecule has 0 atom stereocenters. The normalized spacial score (nSPS) is 12.3. The predicted octanol–water partition coefficient (Wildman–Crippen LogP) is -1.57. The highest BCUT2D eigenvalue weighted by atomic mass is 32.2. The minimum Gasteiger partial charge on any atom is -0.314 e. The number of nitrogens with one attached hydrogen (secondary N) is 1. The molecule has 0 rings (SSSR count). The van der Waals surface area contributed by atoms with Gasteiger partial charge >= 0.3 is 0 Å². The number of primary sulfonamides is 1. The first-order chi connectivity index (χ1) is 5.42. The van der Waals surface area contributed by atoms with E-state index >= 15 is 0 Å². The monoisotopic (exact) mass is 195 g/mol. The van der Waals surface area contributed by atoms with Gasteiger partial charge in [-0.3, -0.25) is 0 Å². The van der Waals surface area contributed by atoms with Crippen molar-refractivity contribution in [1.82, 2.24) is 10.2 Å². The first-order valence-electron chi connectivity index (χ1n) is 3.78. The van der Waals surface area contributed by atoms with E-state index in [1.54, 1.807) is 0 Å². The zero-order valence-corrected chi connectivity index (χ0v) is 8.39. The molecule has 0 bridgehead atoms. The molecule has 0 aromatic carbocycles. The summed E-state index contributed by atoms with van der Waals surface area (Å²) in [6.07, 6.45) is 0. The van der Waals surface area contributed by atoms with Crippen LogP contribution in [0, 0.1) is 0 Å². The smallest absolute Gasteiger partial charge is 0.210 e. The molecule has 0 aliphatic heterocycles. The molecule has 0 aromatic heterocycles. The lowest BCUT2D eigenvalue weighted by Crippen LogP contribution is -2.31. The summed E-state index contributed by atoms with van der Waals surface area (Å²) in [5.41, 5.74) is 0. The second-order valence-corrected chi connectivity index (χ2v) is 4.65. The number of sulfonamides is 1. The third kappa shape index (κ3) is 9.83. The standard InChI is InChI=1S/C6H17N3O2S/c1-9(2)5-3-8-4-6-12(7,10)11/h8H,3-6H2,1-2H3,(H2,7,10,11). The Morgan fingerprint density at radius 3 is 2.33 bits per heavy atom. The molecule has 3 N–H and O–H groups in total. The van der Waals surface area contributed by atoms with E-state index < -0.39 is 10.0 Å². The second-order valence-electron chi connectivity index (χ2n) is 2.92. The van der Waals surface area contributed by atoms with Crippen LogP contribution in [0.4, 0.5) is 0 Å². The van der Waals surface area contributed by atoms with Gasteiger partial charge in [0.05, 0.1) is 5.75 Å². The van der Waals surface area contributed by atoms with Crippen LogP contribution >= 0.6 is 0 Å². The molecule has 0 saturated carbocycles. The zero-order valence-electron chi connectivity index (χ0n) is 7.58. The van der Waals surface area contributed by atoms with Crippen molar-refractivity contribution < 1.29 is 8.42 Å². The molecule has 0 aliphatic rings. The molecule has 6 heteroatoms. The Balaban J connectivity index is 3.23. The van der Waals surface area contributed by atoms with Crippen LogP contribution in [0.1, 0.15) is 0 Å². The summed E-state index contributed by atoms with van der Waals surface area (Å²) in [6.45, 7) is 2.10. The number of hydrogen-bond acceptors (Lipinski definition) is 4. The van der Waals surface area contributed by atoms with E-state index in [1.807, 2.05) is 19.0 Å². The second kappa shape index (κ2) is 5.47. The Bertz CT molecular complexity index is 201. The largest absolute Gasteiger partial charge is 0.314 e. The van der Waals surface area contributed by atoms with E-state index in [4.69, 9.17) is 5.14 Å². The van der Waals surface area contributed by atoms with Crippen LogP contribution in [0.5, 0.6) is 0 Å². The number of likely N-dealkylation sites (N-methyl/N-ethyl adjacent to an activating group) is 1. The molecular formula is C6H17N3O2S. The van der Waals surface area contributed by atoms with E-state index in [0.717, 1.165) is 13.1 Å². The molecule has 5 nitrogen and oxygen atoms in total. The third-order valence-electron chi connectivity index (χ3n) is 1.30. The van der Waals surface area contributed by atoms with Gasteiger partial charge in [0.15, 0.2) is 0 Å². The molecule has 0 radical (unpaired) electrons. The molecule has 0 heterocycles. The molecule has 74 valence electrons. The van der Waals surface area contributed by atoms with Gasteiger partial charge in [0.25, 0.3) is 0 Å². The molecule has 0 aliphatic carbocycles. The fraction of sp³-hybridized carbons (Fsp3) is 1.00. The number of nitrogens with two attached hydrogens (primary N) is 1. The fourth-order valence-corrected chi connectivity index (χ4v) is 1.07. The van der Waals surface area contributed by atoms with Crippen LogP contribution in [-0.4, -0.2) is 52.8 Å². The Morgan fingerprint density at radius 2 is 1.92 bits per heavy atom. The number of hydrogen-bond donors (Lipinski definition) is 2. The summed E-state index contributed by atoms with van der Waals surface area (Å²) >= 11 is 0. The topological polar surface area (TPSA) is 75.4 Å². The van der Waals surface area contributed by atoms with Crippen LogP contribution in [0.2, 0.25) is 0 Å². The van der Waals surface area contributed by atoms with Gasteiger partial charge < -0.3 is 10.2 Å².